The summed E-state index contributed by atoms with van der Waals surface area (Å²) in [5.74, 6) is 0. The molecule has 2 rings (SSSR count). The van der Waals surface area contributed by atoms with Crippen molar-refractivity contribution in [2.24, 2.45) is 5.73 Å². The molecule has 2 N–H and O–H groups in total. The van der Waals surface area contributed by atoms with Crippen LogP contribution in [0.5, 0.6) is 0 Å². The smallest absolute Gasteiger partial charge is 0.0718 e. The van der Waals surface area contributed by atoms with Gasteiger partial charge in [-0.3, -0.25) is 0 Å². The minimum absolute atomic E-state index is 0.115. The average molecular weight is 274 g/mol. The van der Waals surface area contributed by atoms with Gasteiger partial charge in [0.25, 0.3) is 0 Å². The van der Waals surface area contributed by atoms with E-state index in [4.69, 9.17) is 33.7 Å². The zero-order chi connectivity index (χ0) is 12.3. The molecule has 0 radical (unpaired) electrons. The van der Waals surface area contributed by atoms with E-state index in [-0.39, 0.29) is 5.54 Å². The topological polar surface area (TPSA) is 35.2 Å². The van der Waals surface area contributed by atoms with Crippen LogP contribution in [0.15, 0.2) is 18.2 Å². The molecule has 4 heteroatoms. The molecule has 1 fully saturated rings. The van der Waals surface area contributed by atoms with E-state index < -0.39 is 0 Å². The lowest BCUT2D eigenvalue weighted by Gasteiger charge is -2.23. The summed E-state index contributed by atoms with van der Waals surface area (Å²) in [6.45, 7) is 1.16. The van der Waals surface area contributed by atoms with Gasteiger partial charge >= 0.3 is 0 Å². The zero-order valence-corrected chi connectivity index (χ0v) is 11.2. The van der Waals surface area contributed by atoms with E-state index in [2.05, 4.69) is 0 Å². The van der Waals surface area contributed by atoms with Crippen LogP contribution in [0.3, 0.4) is 0 Å². The van der Waals surface area contributed by atoms with Crippen molar-refractivity contribution in [1.29, 1.82) is 0 Å². The molecule has 0 spiro atoms. The van der Waals surface area contributed by atoms with Crippen molar-refractivity contribution in [1.82, 2.24) is 0 Å². The van der Waals surface area contributed by atoms with E-state index in [0.717, 1.165) is 18.4 Å². The fourth-order valence-electron chi connectivity index (χ4n) is 2.23. The van der Waals surface area contributed by atoms with Gasteiger partial charge in [-0.1, -0.05) is 42.1 Å². The maximum atomic E-state index is 6.21. The normalized spacial score (nSPS) is 18.5. The number of ether oxygens (including phenoxy) is 1. The summed E-state index contributed by atoms with van der Waals surface area (Å²) in [5, 5.41) is 1.14. The third kappa shape index (κ3) is 3.59. The van der Waals surface area contributed by atoms with Crippen LogP contribution in [0, 0.1) is 0 Å². The van der Waals surface area contributed by atoms with Gasteiger partial charge in [-0.2, -0.15) is 0 Å². The van der Waals surface area contributed by atoms with Crippen molar-refractivity contribution in [2.45, 2.75) is 37.8 Å². The Kier molecular flexibility index (Phi) is 4.31. The number of rotatable bonds is 4. The highest BCUT2D eigenvalue weighted by Gasteiger charge is 2.29. The molecule has 94 valence electrons. The predicted octanol–water partition coefficient (Wildman–Crippen LogP) is 3.78. The molecule has 0 saturated heterocycles. The Morgan fingerprint density at radius 2 is 1.88 bits per heavy atom. The fraction of sp³-hybridized carbons (Fsp3) is 0.538. The van der Waals surface area contributed by atoms with E-state index in [1.807, 2.05) is 12.1 Å². The Labute approximate surface area is 112 Å². The van der Waals surface area contributed by atoms with Gasteiger partial charge in [0, 0.05) is 5.54 Å². The number of hydrogen-bond donors (Lipinski definition) is 1. The van der Waals surface area contributed by atoms with Crippen LogP contribution in [0.4, 0.5) is 0 Å². The molecule has 1 aromatic carbocycles. The largest absolute Gasteiger partial charge is 0.375 e. The number of hydrogen-bond acceptors (Lipinski definition) is 2. The standard InChI is InChI=1S/C13H17Cl2NO/c14-11-4-3-10(7-12(11)15)8-17-9-13(16)5-1-2-6-13/h3-4,7H,1-2,5-6,8-9,16H2. The molecular formula is C13H17Cl2NO. The van der Waals surface area contributed by atoms with E-state index in [1.54, 1.807) is 6.07 Å². The van der Waals surface area contributed by atoms with Crippen LogP contribution in [0.2, 0.25) is 10.0 Å². The van der Waals surface area contributed by atoms with Crippen LogP contribution in [-0.2, 0) is 11.3 Å². The van der Waals surface area contributed by atoms with E-state index >= 15 is 0 Å². The molecule has 0 unspecified atom stereocenters. The summed E-state index contributed by atoms with van der Waals surface area (Å²) in [5.41, 5.74) is 7.12. The zero-order valence-electron chi connectivity index (χ0n) is 9.72. The molecule has 0 aliphatic heterocycles. The van der Waals surface area contributed by atoms with Crippen LogP contribution < -0.4 is 5.73 Å². The average Bonchev–Trinajstić information content (AvgIpc) is 2.71. The third-order valence-electron chi connectivity index (χ3n) is 3.24. The fourth-order valence-corrected chi connectivity index (χ4v) is 2.55. The molecule has 0 aromatic heterocycles. The molecule has 0 atom stereocenters. The lowest BCUT2D eigenvalue weighted by Crippen LogP contribution is -2.41. The van der Waals surface area contributed by atoms with E-state index in [1.165, 1.54) is 12.8 Å². The SMILES string of the molecule is NC1(COCc2ccc(Cl)c(Cl)c2)CCCC1. The highest BCUT2D eigenvalue weighted by atomic mass is 35.5. The summed E-state index contributed by atoms with van der Waals surface area (Å²) >= 11 is 11.8. The van der Waals surface area contributed by atoms with Crippen LogP contribution in [-0.4, -0.2) is 12.1 Å². The first-order valence-electron chi connectivity index (χ1n) is 5.90. The summed E-state index contributed by atoms with van der Waals surface area (Å²) in [4.78, 5) is 0. The molecule has 1 saturated carbocycles. The second kappa shape index (κ2) is 5.57. The van der Waals surface area contributed by atoms with Crippen molar-refractivity contribution < 1.29 is 4.74 Å². The van der Waals surface area contributed by atoms with Gasteiger partial charge in [-0.25, -0.2) is 0 Å². The van der Waals surface area contributed by atoms with Gasteiger partial charge in [-0.05, 0) is 30.5 Å². The lowest BCUT2D eigenvalue weighted by atomic mass is 10.0. The summed E-state index contributed by atoms with van der Waals surface area (Å²) in [6.07, 6.45) is 4.56. The Morgan fingerprint density at radius 1 is 1.18 bits per heavy atom. The molecular weight excluding hydrogens is 257 g/mol. The van der Waals surface area contributed by atoms with Crippen LogP contribution in [0.25, 0.3) is 0 Å². The Bertz CT molecular complexity index is 389. The predicted molar refractivity (Wildman–Crippen MR) is 71.5 cm³/mol. The molecule has 0 bridgehead atoms. The number of benzene rings is 1. The Balaban J connectivity index is 1.83. The van der Waals surface area contributed by atoms with Crippen LogP contribution >= 0.6 is 23.2 Å². The summed E-state index contributed by atoms with van der Waals surface area (Å²) < 4.78 is 5.67. The quantitative estimate of drug-likeness (QED) is 0.906. The van der Waals surface area contributed by atoms with Gasteiger partial charge in [0.05, 0.1) is 23.3 Å². The van der Waals surface area contributed by atoms with Gasteiger partial charge in [0.15, 0.2) is 0 Å². The minimum Gasteiger partial charge on any atom is -0.375 e. The van der Waals surface area contributed by atoms with Crippen molar-refractivity contribution in [2.75, 3.05) is 6.61 Å². The van der Waals surface area contributed by atoms with Crippen molar-refractivity contribution in [3.05, 3.63) is 33.8 Å². The monoisotopic (exact) mass is 273 g/mol. The molecule has 1 aliphatic carbocycles. The maximum Gasteiger partial charge on any atom is 0.0718 e. The first-order chi connectivity index (χ1) is 8.09. The van der Waals surface area contributed by atoms with Gasteiger partial charge in [0.2, 0.25) is 0 Å². The van der Waals surface area contributed by atoms with Crippen LogP contribution in [0.1, 0.15) is 31.2 Å². The van der Waals surface area contributed by atoms with Gasteiger partial charge < -0.3 is 10.5 Å². The molecule has 17 heavy (non-hydrogen) atoms. The molecule has 2 nitrogen and oxygen atoms in total. The second-order valence-electron chi connectivity index (χ2n) is 4.81. The number of nitrogens with two attached hydrogens (primary N) is 1. The Hall–Kier alpha value is -0.280. The summed E-state index contributed by atoms with van der Waals surface area (Å²) in [6, 6.07) is 5.55. The Morgan fingerprint density at radius 3 is 2.53 bits per heavy atom. The molecule has 1 aromatic rings. The van der Waals surface area contributed by atoms with Gasteiger partial charge in [-0.15, -0.1) is 0 Å². The minimum atomic E-state index is -0.115. The molecule has 1 aliphatic rings. The second-order valence-corrected chi connectivity index (χ2v) is 5.63. The van der Waals surface area contributed by atoms with Crippen molar-refractivity contribution >= 4 is 23.2 Å². The van der Waals surface area contributed by atoms with E-state index in [9.17, 15) is 0 Å². The van der Waals surface area contributed by atoms with Crippen molar-refractivity contribution in [3.8, 4) is 0 Å². The lowest BCUT2D eigenvalue weighted by molar-refractivity contribution is 0.0751. The van der Waals surface area contributed by atoms with Gasteiger partial charge in [0.1, 0.15) is 0 Å². The maximum absolute atomic E-state index is 6.21. The highest BCUT2D eigenvalue weighted by Crippen LogP contribution is 2.28. The molecule has 0 amide bonds. The highest BCUT2D eigenvalue weighted by molar-refractivity contribution is 6.41. The molecule has 0 heterocycles. The third-order valence-corrected chi connectivity index (χ3v) is 3.98. The first kappa shape index (κ1) is 13.2. The number of halogens is 2. The van der Waals surface area contributed by atoms with Crippen molar-refractivity contribution in [3.63, 3.8) is 0 Å². The van der Waals surface area contributed by atoms with E-state index in [0.29, 0.717) is 23.3 Å². The summed E-state index contributed by atoms with van der Waals surface area (Å²) in [7, 11) is 0. The first-order valence-corrected chi connectivity index (χ1v) is 6.65.